The predicted molar refractivity (Wildman–Crippen MR) is 216 cm³/mol. The zero-order valence-electron chi connectivity index (χ0n) is 31.5. The molecule has 12 heteroatoms. The molecule has 0 bridgehead atoms. The number of aliphatic hydroxyl groups excluding tert-OH is 2. The highest BCUT2D eigenvalue weighted by atomic mass is 19.3. The van der Waals surface area contributed by atoms with Crippen LogP contribution in [0.5, 0.6) is 0 Å². The molecule has 0 aromatic heterocycles. The van der Waals surface area contributed by atoms with Gasteiger partial charge >= 0.3 is 5.97 Å². The maximum atomic E-state index is 13.9. The van der Waals surface area contributed by atoms with Crippen LogP contribution in [-0.2, 0) is 54.9 Å². The molecule has 2 aliphatic rings. The van der Waals surface area contributed by atoms with Crippen LogP contribution in [0.3, 0.4) is 0 Å². The van der Waals surface area contributed by atoms with Crippen LogP contribution in [0, 0.1) is 0 Å². The second-order valence-corrected chi connectivity index (χ2v) is 13.3. The van der Waals surface area contributed by atoms with Crippen LogP contribution in [-0.4, -0.2) is 71.3 Å². The van der Waals surface area contributed by atoms with Gasteiger partial charge in [-0.25, -0.2) is 8.78 Å². The van der Waals surface area contributed by atoms with Crippen LogP contribution in [0.15, 0.2) is 133 Å². The lowest BCUT2D eigenvalue weighted by molar-refractivity contribution is -0.233. The molecule has 0 amide bonds. The van der Waals surface area contributed by atoms with Gasteiger partial charge in [0.1, 0.15) is 24.4 Å². The third-order valence-electron chi connectivity index (χ3n) is 8.92. The Labute approximate surface area is 340 Å². The SMILES string of the molecule is C.C.CCOC(C)=O.O[C@H]1[C@H](OCc2ccccc2)[C@@H](OCc2ccccc2)C=CC1(F)F.O[C@H]1[C@H](OCc2ccccc2)[C@@H](OCc2ccccc2)CCC1(F)F. The molecule has 2 N–H and O–H groups in total. The Morgan fingerprint density at radius 3 is 1.41 bits per heavy atom. The zero-order valence-corrected chi connectivity index (χ0v) is 31.5. The predicted octanol–water partition coefficient (Wildman–Crippen LogP) is 9.51. The second-order valence-electron chi connectivity index (χ2n) is 13.3. The molecule has 0 heterocycles. The number of esters is 1. The molecule has 8 nitrogen and oxygen atoms in total. The minimum Gasteiger partial charge on any atom is -0.466 e. The Bertz CT molecular complexity index is 1720. The van der Waals surface area contributed by atoms with Crippen molar-refractivity contribution >= 4 is 5.97 Å². The van der Waals surface area contributed by atoms with Crippen molar-refractivity contribution in [2.24, 2.45) is 0 Å². The number of hydrogen-bond donors (Lipinski definition) is 2. The molecule has 6 rings (SSSR count). The van der Waals surface area contributed by atoms with Crippen molar-refractivity contribution in [2.45, 2.75) is 116 Å². The van der Waals surface area contributed by atoms with E-state index >= 15 is 0 Å². The van der Waals surface area contributed by atoms with Gasteiger partial charge in [0.25, 0.3) is 11.8 Å². The van der Waals surface area contributed by atoms with Gasteiger partial charge in [-0.2, -0.15) is 8.78 Å². The molecule has 0 unspecified atom stereocenters. The molecule has 1 saturated carbocycles. The third kappa shape index (κ3) is 16.1. The molecule has 0 radical (unpaired) electrons. The van der Waals surface area contributed by atoms with Crippen molar-refractivity contribution < 1.29 is 56.3 Å². The lowest BCUT2D eigenvalue weighted by Gasteiger charge is -2.39. The first-order valence-electron chi connectivity index (χ1n) is 18.5. The minimum absolute atomic E-state index is 0. The van der Waals surface area contributed by atoms with E-state index < -0.39 is 54.9 Å². The number of benzene rings is 4. The summed E-state index contributed by atoms with van der Waals surface area (Å²) in [5, 5.41) is 20.1. The first-order chi connectivity index (χ1) is 26.9. The van der Waals surface area contributed by atoms with Crippen LogP contribution in [0.1, 0.15) is 63.8 Å². The fraction of sp³-hybridized carbons (Fsp3) is 0.413. The van der Waals surface area contributed by atoms with Crippen LogP contribution in [0.2, 0.25) is 0 Å². The molecule has 4 aromatic rings. The van der Waals surface area contributed by atoms with E-state index in [4.69, 9.17) is 18.9 Å². The second kappa shape index (κ2) is 25.1. The molecule has 318 valence electrons. The number of alkyl halides is 4. The zero-order chi connectivity index (χ0) is 40.4. The molecule has 0 aliphatic heterocycles. The van der Waals surface area contributed by atoms with Crippen molar-refractivity contribution in [2.75, 3.05) is 6.61 Å². The van der Waals surface area contributed by atoms with Crippen molar-refractivity contribution in [1.29, 1.82) is 0 Å². The maximum absolute atomic E-state index is 13.9. The van der Waals surface area contributed by atoms with Crippen LogP contribution < -0.4 is 0 Å². The lowest BCUT2D eigenvalue weighted by atomic mass is 9.88. The average molecular weight is 815 g/mol. The van der Waals surface area contributed by atoms with E-state index in [1.165, 1.54) is 13.0 Å². The lowest BCUT2D eigenvalue weighted by Crippen LogP contribution is -2.54. The summed E-state index contributed by atoms with van der Waals surface area (Å²) in [5.74, 6) is -6.71. The Kier molecular flexibility index (Phi) is 21.6. The Hall–Kier alpha value is -4.43. The molecular weight excluding hydrogens is 756 g/mol. The van der Waals surface area contributed by atoms with E-state index in [1.54, 1.807) is 6.92 Å². The van der Waals surface area contributed by atoms with Gasteiger partial charge < -0.3 is 33.9 Å². The highest BCUT2D eigenvalue weighted by Gasteiger charge is 2.51. The number of halogens is 4. The summed E-state index contributed by atoms with van der Waals surface area (Å²) < 4.78 is 82.7. The van der Waals surface area contributed by atoms with Gasteiger partial charge in [-0.05, 0) is 41.7 Å². The topological polar surface area (TPSA) is 104 Å². The van der Waals surface area contributed by atoms with E-state index in [1.807, 2.05) is 121 Å². The van der Waals surface area contributed by atoms with E-state index in [9.17, 15) is 32.6 Å². The number of carbonyl (C=O) groups is 1. The molecule has 0 spiro atoms. The fourth-order valence-corrected chi connectivity index (χ4v) is 5.91. The van der Waals surface area contributed by atoms with Gasteiger partial charge in [0, 0.05) is 13.3 Å². The van der Waals surface area contributed by atoms with Gasteiger partial charge in [0.15, 0.2) is 6.10 Å². The molecule has 1 fully saturated rings. The van der Waals surface area contributed by atoms with Gasteiger partial charge in [0.2, 0.25) is 0 Å². The Balaban J connectivity index is 0.000000341. The molecule has 58 heavy (non-hydrogen) atoms. The smallest absolute Gasteiger partial charge is 0.302 e. The monoisotopic (exact) mass is 814 g/mol. The summed E-state index contributed by atoms with van der Waals surface area (Å²) in [7, 11) is 0. The van der Waals surface area contributed by atoms with Crippen LogP contribution in [0.4, 0.5) is 17.6 Å². The molecular formula is C46H58F4O8. The molecule has 6 atom stereocenters. The summed E-state index contributed by atoms with van der Waals surface area (Å²) >= 11 is 0. The average Bonchev–Trinajstić information content (AvgIpc) is 3.20. The van der Waals surface area contributed by atoms with E-state index in [0.29, 0.717) is 19.3 Å². The number of hydrogen-bond acceptors (Lipinski definition) is 8. The summed E-state index contributed by atoms with van der Waals surface area (Å²) in [4.78, 5) is 9.82. The minimum atomic E-state index is -3.34. The summed E-state index contributed by atoms with van der Waals surface area (Å²) in [5.41, 5.74) is 3.58. The maximum Gasteiger partial charge on any atom is 0.302 e. The first kappa shape index (κ1) is 49.7. The standard InChI is InChI=1S/C20H22F2O3.C20H20F2O3.C4H8O2.2CH4/c2*21-20(22)12-11-17(24-13-15-7-3-1-4-8-15)18(19(20)23)25-14-16-9-5-2-6-10-16;1-3-6-4(2)5;;/h1-10,17-19,23H,11-14H2;1-12,17-19,23H,13-14H2;3H2,1-2H3;2*1H4/t2*17-,18+,19-;;;/m00.../s1. The molecule has 2 aliphatic carbocycles. The number of aliphatic hydroxyl groups is 2. The summed E-state index contributed by atoms with van der Waals surface area (Å²) in [6.45, 7) is 4.48. The Morgan fingerprint density at radius 1 is 0.621 bits per heavy atom. The van der Waals surface area contributed by atoms with Gasteiger partial charge in [-0.1, -0.05) is 142 Å². The Morgan fingerprint density at radius 2 is 1.02 bits per heavy atom. The highest BCUT2D eigenvalue weighted by Crippen LogP contribution is 2.37. The van der Waals surface area contributed by atoms with Gasteiger partial charge in [-0.3, -0.25) is 4.79 Å². The third-order valence-corrected chi connectivity index (χ3v) is 8.92. The van der Waals surface area contributed by atoms with Crippen molar-refractivity contribution in [1.82, 2.24) is 0 Å². The van der Waals surface area contributed by atoms with Crippen molar-refractivity contribution in [3.8, 4) is 0 Å². The van der Waals surface area contributed by atoms with Crippen molar-refractivity contribution in [3.05, 3.63) is 156 Å². The molecule has 4 aromatic carbocycles. The largest absolute Gasteiger partial charge is 0.466 e. The van der Waals surface area contributed by atoms with Gasteiger partial charge in [-0.15, -0.1) is 0 Å². The number of carbonyl (C=O) groups excluding carboxylic acids is 1. The quantitative estimate of drug-likeness (QED) is 0.0782. The highest BCUT2D eigenvalue weighted by molar-refractivity contribution is 5.65. The number of ether oxygens (including phenoxy) is 5. The molecule has 0 saturated heterocycles. The summed E-state index contributed by atoms with van der Waals surface area (Å²) in [6, 6.07) is 37.4. The fourth-order valence-electron chi connectivity index (χ4n) is 5.91. The first-order valence-corrected chi connectivity index (χ1v) is 18.5. The van der Waals surface area contributed by atoms with E-state index in [-0.39, 0.29) is 47.1 Å². The van der Waals surface area contributed by atoms with Crippen LogP contribution in [0.25, 0.3) is 0 Å². The van der Waals surface area contributed by atoms with Crippen molar-refractivity contribution in [3.63, 3.8) is 0 Å². The normalized spacial score (nSPS) is 22.6. The summed E-state index contributed by atoms with van der Waals surface area (Å²) in [6.07, 6.45) is -5.66. The van der Waals surface area contributed by atoms with Crippen LogP contribution >= 0.6 is 0 Å². The van der Waals surface area contributed by atoms with Gasteiger partial charge in [0.05, 0.1) is 39.1 Å². The van der Waals surface area contributed by atoms with E-state index in [0.717, 1.165) is 22.3 Å². The van der Waals surface area contributed by atoms with E-state index in [2.05, 4.69) is 4.74 Å². The number of rotatable bonds is 13.